The molecule has 110 valence electrons. The van der Waals surface area contributed by atoms with Crippen LogP contribution in [0.5, 0.6) is 0 Å². The molecule has 0 aliphatic heterocycles. The number of benzene rings is 1. The third-order valence-corrected chi connectivity index (χ3v) is 5.82. The van der Waals surface area contributed by atoms with Gasteiger partial charge in [-0.3, -0.25) is 0 Å². The molecule has 6 heteroatoms. The second-order valence-corrected chi connectivity index (χ2v) is 7.83. The van der Waals surface area contributed by atoms with Crippen molar-refractivity contribution in [1.82, 2.24) is 4.90 Å². The summed E-state index contributed by atoms with van der Waals surface area (Å²) in [5.74, 6) is 0.126. The molecule has 0 heterocycles. The fraction of sp³-hybridized carbons (Fsp3) is 0.500. The molecule has 0 unspecified atom stereocenters. The minimum Gasteiger partial charge on any atom is -0.389 e. The van der Waals surface area contributed by atoms with Crippen molar-refractivity contribution in [2.45, 2.75) is 30.2 Å². The maximum absolute atomic E-state index is 12.3. The summed E-state index contributed by atoms with van der Waals surface area (Å²) >= 11 is 4.88. The zero-order chi connectivity index (χ0) is 14.8. The van der Waals surface area contributed by atoms with Crippen molar-refractivity contribution in [3.8, 4) is 0 Å². The van der Waals surface area contributed by atoms with Crippen LogP contribution >= 0.6 is 12.2 Å². The molecule has 0 saturated heterocycles. The predicted molar refractivity (Wildman–Crippen MR) is 84.7 cm³/mol. The highest BCUT2D eigenvalue weighted by Crippen LogP contribution is 2.23. The minimum absolute atomic E-state index is 0.126. The summed E-state index contributed by atoms with van der Waals surface area (Å²) in [6.45, 7) is 0.560. The van der Waals surface area contributed by atoms with E-state index in [1.807, 2.05) is 7.05 Å². The Morgan fingerprint density at radius 2 is 2.15 bits per heavy atom. The van der Waals surface area contributed by atoms with E-state index in [0.29, 0.717) is 23.0 Å². The van der Waals surface area contributed by atoms with Crippen molar-refractivity contribution in [2.75, 3.05) is 19.3 Å². The van der Waals surface area contributed by atoms with Crippen LogP contribution in [0, 0.1) is 0 Å². The molecular weight excluding hydrogens is 292 g/mol. The maximum Gasteiger partial charge on any atom is 0.179 e. The minimum atomic E-state index is -3.29. The van der Waals surface area contributed by atoms with Crippen LogP contribution in [0.25, 0.3) is 0 Å². The highest BCUT2D eigenvalue weighted by molar-refractivity contribution is 7.91. The van der Waals surface area contributed by atoms with Gasteiger partial charge < -0.3 is 10.6 Å². The van der Waals surface area contributed by atoms with E-state index in [-0.39, 0.29) is 10.7 Å². The molecule has 1 saturated carbocycles. The molecule has 0 radical (unpaired) electrons. The van der Waals surface area contributed by atoms with E-state index in [1.165, 1.54) is 19.3 Å². The molecule has 0 spiro atoms. The normalized spacial score (nSPS) is 16.1. The summed E-state index contributed by atoms with van der Waals surface area (Å²) in [7, 11) is -1.30. The topological polar surface area (TPSA) is 63.4 Å². The second kappa shape index (κ2) is 6.20. The maximum atomic E-state index is 12.3. The second-order valence-electron chi connectivity index (χ2n) is 5.28. The van der Waals surface area contributed by atoms with Crippen molar-refractivity contribution in [1.29, 1.82) is 0 Å². The molecule has 4 nitrogen and oxygen atoms in total. The summed E-state index contributed by atoms with van der Waals surface area (Å²) in [6, 6.07) is 7.11. The van der Waals surface area contributed by atoms with Gasteiger partial charge in [0.2, 0.25) is 0 Å². The monoisotopic (exact) mass is 312 g/mol. The number of nitrogens with zero attached hydrogens (tertiary/aromatic N) is 1. The molecule has 0 amide bonds. The lowest BCUT2D eigenvalue weighted by Gasteiger charge is -2.34. The fourth-order valence-electron chi connectivity index (χ4n) is 2.23. The Morgan fingerprint density at radius 1 is 1.45 bits per heavy atom. The molecular formula is C14H20N2O2S2. The van der Waals surface area contributed by atoms with E-state index in [4.69, 9.17) is 18.0 Å². The number of hydrogen-bond donors (Lipinski definition) is 1. The lowest BCUT2D eigenvalue weighted by Crippen LogP contribution is -2.39. The molecule has 20 heavy (non-hydrogen) atoms. The Hall–Kier alpha value is -0.980. The van der Waals surface area contributed by atoms with Gasteiger partial charge in [-0.1, -0.05) is 30.8 Å². The van der Waals surface area contributed by atoms with Crippen LogP contribution in [-0.2, 0) is 9.84 Å². The van der Waals surface area contributed by atoms with E-state index >= 15 is 0 Å². The van der Waals surface area contributed by atoms with Crippen LogP contribution in [0.1, 0.15) is 24.8 Å². The molecule has 0 aromatic heterocycles. The molecule has 1 aromatic rings. The lowest BCUT2D eigenvalue weighted by molar-refractivity contribution is 0.168. The lowest BCUT2D eigenvalue weighted by atomic mass is 9.92. The molecule has 2 rings (SSSR count). The van der Waals surface area contributed by atoms with E-state index in [9.17, 15) is 8.42 Å². The molecule has 0 atom stereocenters. The van der Waals surface area contributed by atoms with Gasteiger partial charge in [-0.05, 0) is 32.0 Å². The predicted octanol–water partition coefficient (Wildman–Crippen LogP) is 1.58. The molecule has 2 N–H and O–H groups in total. The number of sulfone groups is 1. The quantitative estimate of drug-likeness (QED) is 0.808. The number of hydrogen-bond acceptors (Lipinski definition) is 4. The smallest absolute Gasteiger partial charge is 0.179 e. The van der Waals surface area contributed by atoms with Crippen LogP contribution in [0.15, 0.2) is 29.2 Å². The standard InChI is InChI=1S/C14H20N2O2S2/c1-16(12-5-3-6-12)8-9-20(17,18)13-7-2-4-11(10-13)14(15)19/h2,4,7,10,12H,3,5-6,8-9H2,1H3,(H2,15,19). The third kappa shape index (κ3) is 3.56. The van der Waals surface area contributed by atoms with Gasteiger partial charge in [0.15, 0.2) is 9.84 Å². The first-order valence-corrected chi connectivity index (χ1v) is 8.79. The van der Waals surface area contributed by atoms with Crippen molar-refractivity contribution in [3.63, 3.8) is 0 Å². The van der Waals surface area contributed by atoms with E-state index in [0.717, 1.165) is 0 Å². The van der Waals surface area contributed by atoms with Crippen LogP contribution < -0.4 is 5.73 Å². The average molecular weight is 312 g/mol. The Kier molecular flexibility index (Phi) is 4.78. The Morgan fingerprint density at radius 3 is 2.70 bits per heavy atom. The molecule has 1 aliphatic rings. The van der Waals surface area contributed by atoms with Crippen LogP contribution in [0.3, 0.4) is 0 Å². The van der Waals surface area contributed by atoms with Crippen molar-refractivity contribution < 1.29 is 8.42 Å². The first kappa shape index (κ1) is 15.4. The first-order chi connectivity index (χ1) is 9.40. The summed E-state index contributed by atoms with van der Waals surface area (Å²) in [4.78, 5) is 2.65. The van der Waals surface area contributed by atoms with Crippen molar-refractivity contribution in [3.05, 3.63) is 29.8 Å². The zero-order valence-electron chi connectivity index (χ0n) is 11.6. The van der Waals surface area contributed by atoms with Crippen molar-refractivity contribution >= 4 is 27.0 Å². The highest BCUT2D eigenvalue weighted by atomic mass is 32.2. The van der Waals surface area contributed by atoms with Crippen LogP contribution in [0.2, 0.25) is 0 Å². The van der Waals surface area contributed by atoms with Gasteiger partial charge in [-0.25, -0.2) is 8.42 Å². The number of rotatable bonds is 6. The average Bonchev–Trinajstić information content (AvgIpc) is 2.34. The number of thiocarbonyl (C=S) groups is 1. The molecule has 1 aromatic carbocycles. The third-order valence-electron chi connectivity index (χ3n) is 3.89. The van der Waals surface area contributed by atoms with Gasteiger partial charge in [0, 0.05) is 18.2 Å². The highest BCUT2D eigenvalue weighted by Gasteiger charge is 2.24. The molecule has 1 aliphatic carbocycles. The zero-order valence-corrected chi connectivity index (χ0v) is 13.2. The number of nitrogens with two attached hydrogens (primary N) is 1. The Bertz CT molecular complexity index is 595. The van der Waals surface area contributed by atoms with Gasteiger partial charge in [-0.15, -0.1) is 0 Å². The van der Waals surface area contributed by atoms with Crippen molar-refractivity contribution in [2.24, 2.45) is 5.73 Å². The van der Waals surface area contributed by atoms with Gasteiger partial charge in [0.05, 0.1) is 10.6 Å². The van der Waals surface area contributed by atoms with E-state index < -0.39 is 9.84 Å². The van der Waals surface area contributed by atoms with E-state index in [2.05, 4.69) is 4.90 Å². The van der Waals surface area contributed by atoms with Crippen LogP contribution in [0.4, 0.5) is 0 Å². The first-order valence-electron chi connectivity index (χ1n) is 6.73. The Labute approximate surface area is 125 Å². The molecule has 0 bridgehead atoms. The van der Waals surface area contributed by atoms with E-state index in [1.54, 1.807) is 24.3 Å². The van der Waals surface area contributed by atoms with Gasteiger partial charge >= 0.3 is 0 Å². The Balaban J connectivity index is 2.05. The fourth-order valence-corrected chi connectivity index (χ4v) is 3.72. The summed E-state index contributed by atoms with van der Waals surface area (Å²) in [5.41, 5.74) is 6.13. The summed E-state index contributed by atoms with van der Waals surface area (Å²) < 4.78 is 24.7. The van der Waals surface area contributed by atoms with Gasteiger partial charge in [-0.2, -0.15) is 0 Å². The van der Waals surface area contributed by atoms with Crippen LogP contribution in [-0.4, -0.2) is 43.7 Å². The largest absolute Gasteiger partial charge is 0.389 e. The summed E-state index contributed by atoms with van der Waals surface area (Å²) in [5, 5.41) is 0. The van der Waals surface area contributed by atoms with Gasteiger partial charge in [0.25, 0.3) is 0 Å². The summed E-state index contributed by atoms with van der Waals surface area (Å²) in [6.07, 6.45) is 3.60. The van der Waals surface area contributed by atoms with Gasteiger partial charge in [0.1, 0.15) is 4.99 Å². The SMILES string of the molecule is CN(CCS(=O)(=O)c1cccc(C(N)=S)c1)C1CCC1. The molecule has 1 fully saturated rings.